The Kier molecular flexibility index (Phi) is 4.53. The molecule has 4 atom stereocenters. The zero-order valence-corrected chi connectivity index (χ0v) is 16.2. The molecule has 0 heterocycles. The van der Waals surface area contributed by atoms with Gasteiger partial charge in [-0.15, -0.1) is 0 Å². The summed E-state index contributed by atoms with van der Waals surface area (Å²) in [6.45, 7) is 0.305. The highest BCUT2D eigenvalue weighted by atomic mass is 16.5. The number of amides is 1. The normalized spacial score (nSPS) is 27.2. The monoisotopic (exact) mass is 391 g/mol. The summed E-state index contributed by atoms with van der Waals surface area (Å²) in [4.78, 5) is 23.9. The highest BCUT2D eigenvalue weighted by molar-refractivity contribution is 5.79. The largest absolute Gasteiger partial charge is 0.481 e. The Labute approximate surface area is 170 Å². The number of carboxylic acids is 1. The van der Waals surface area contributed by atoms with Gasteiger partial charge in [-0.25, -0.2) is 4.79 Å². The second kappa shape index (κ2) is 7.21. The zero-order valence-electron chi connectivity index (χ0n) is 16.2. The Balaban J connectivity index is 1.25. The van der Waals surface area contributed by atoms with E-state index in [9.17, 15) is 14.7 Å². The van der Waals surface area contributed by atoms with Gasteiger partial charge in [0, 0.05) is 12.0 Å². The third kappa shape index (κ3) is 3.18. The SMILES string of the molecule is O=C(NC1[C@@H]2CC[C@H]1CC(C(=O)O)C2)OCC1c2ccccc2-c2ccccc21. The van der Waals surface area contributed by atoms with Gasteiger partial charge in [0.05, 0.1) is 5.92 Å². The summed E-state index contributed by atoms with van der Waals surface area (Å²) in [5.74, 6) is -0.437. The molecular weight excluding hydrogens is 366 g/mol. The average molecular weight is 391 g/mol. The summed E-state index contributed by atoms with van der Waals surface area (Å²) >= 11 is 0. The third-order valence-corrected chi connectivity index (χ3v) is 7.08. The summed E-state index contributed by atoms with van der Waals surface area (Å²) < 4.78 is 5.67. The lowest BCUT2D eigenvalue weighted by atomic mass is 9.77. The van der Waals surface area contributed by atoms with Crippen LogP contribution in [-0.2, 0) is 9.53 Å². The molecule has 2 aromatic rings. The number of carboxylic acid groups (broad SMARTS) is 1. The first-order valence-electron chi connectivity index (χ1n) is 10.5. The molecule has 1 amide bonds. The number of hydrogen-bond donors (Lipinski definition) is 2. The molecule has 5 nitrogen and oxygen atoms in total. The topological polar surface area (TPSA) is 75.6 Å². The van der Waals surface area contributed by atoms with Gasteiger partial charge in [0.25, 0.3) is 0 Å². The van der Waals surface area contributed by atoms with E-state index < -0.39 is 5.97 Å². The summed E-state index contributed by atoms with van der Waals surface area (Å²) in [7, 11) is 0. The molecule has 2 aromatic carbocycles. The fourth-order valence-electron chi connectivity index (χ4n) is 5.74. The van der Waals surface area contributed by atoms with Crippen molar-refractivity contribution in [1.82, 2.24) is 5.32 Å². The molecule has 0 aromatic heterocycles. The number of aliphatic carboxylic acids is 1. The first-order chi connectivity index (χ1) is 14.1. The van der Waals surface area contributed by atoms with Crippen molar-refractivity contribution >= 4 is 12.1 Å². The molecule has 3 aliphatic rings. The summed E-state index contributed by atoms with van der Waals surface area (Å²) in [6.07, 6.45) is 2.90. The standard InChI is InChI=1S/C24H25NO4/c26-23(27)16-11-14-9-10-15(12-16)22(14)25-24(28)29-13-21-19-7-3-1-5-17(19)18-6-2-4-8-20(18)21/h1-8,14-16,21-22H,9-13H2,(H,25,28)(H,26,27)/t14-,15+,16?,22?. The molecular formula is C24H25NO4. The second-order valence-corrected chi connectivity index (χ2v) is 8.60. The van der Waals surface area contributed by atoms with E-state index in [1.807, 2.05) is 24.3 Å². The maximum absolute atomic E-state index is 12.6. The van der Waals surface area contributed by atoms with E-state index in [0.717, 1.165) is 12.8 Å². The van der Waals surface area contributed by atoms with Crippen LogP contribution in [-0.4, -0.2) is 29.8 Å². The van der Waals surface area contributed by atoms with E-state index in [4.69, 9.17) is 4.74 Å². The van der Waals surface area contributed by atoms with Crippen LogP contribution in [0.15, 0.2) is 48.5 Å². The van der Waals surface area contributed by atoms with Gasteiger partial charge in [0.1, 0.15) is 6.61 Å². The Morgan fingerprint density at radius 1 is 0.931 bits per heavy atom. The quantitative estimate of drug-likeness (QED) is 0.809. The van der Waals surface area contributed by atoms with Crippen LogP contribution in [0.1, 0.15) is 42.7 Å². The molecule has 150 valence electrons. The number of nitrogens with one attached hydrogen (secondary N) is 1. The van der Waals surface area contributed by atoms with E-state index in [2.05, 4.69) is 29.6 Å². The highest BCUT2D eigenvalue weighted by Gasteiger charge is 2.45. The smallest absolute Gasteiger partial charge is 0.407 e. The lowest BCUT2D eigenvalue weighted by Gasteiger charge is -2.33. The summed E-state index contributed by atoms with van der Waals surface area (Å²) in [6, 6.07) is 16.6. The lowest BCUT2D eigenvalue weighted by molar-refractivity contribution is -0.143. The van der Waals surface area contributed by atoms with Gasteiger partial charge in [-0.05, 0) is 59.8 Å². The number of hydrogen-bond acceptors (Lipinski definition) is 3. The Morgan fingerprint density at radius 2 is 1.48 bits per heavy atom. The van der Waals surface area contributed by atoms with Gasteiger partial charge in [-0.1, -0.05) is 48.5 Å². The van der Waals surface area contributed by atoms with Gasteiger partial charge in [0.15, 0.2) is 0 Å². The van der Waals surface area contributed by atoms with E-state index in [-0.39, 0.29) is 35.8 Å². The van der Waals surface area contributed by atoms with Crippen LogP contribution < -0.4 is 5.32 Å². The first-order valence-corrected chi connectivity index (χ1v) is 10.5. The Bertz CT molecular complexity index is 896. The molecule has 5 rings (SSSR count). The number of carbonyl (C=O) groups excluding carboxylic acids is 1. The van der Waals surface area contributed by atoms with Gasteiger partial charge in [-0.2, -0.15) is 0 Å². The maximum atomic E-state index is 12.6. The van der Waals surface area contributed by atoms with Crippen LogP contribution in [0.25, 0.3) is 11.1 Å². The van der Waals surface area contributed by atoms with Crippen molar-refractivity contribution < 1.29 is 19.4 Å². The minimum absolute atomic E-state index is 0.0428. The number of benzene rings is 2. The Morgan fingerprint density at radius 3 is 2.03 bits per heavy atom. The number of ether oxygens (including phenoxy) is 1. The van der Waals surface area contributed by atoms with Crippen LogP contribution in [0.3, 0.4) is 0 Å². The molecule has 0 saturated heterocycles. The molecule has 3 aliphatic carbocycles. The fourth-order valence-corrected chi connectivity index (χ4v) is 5.74. The van der Waals surface area contributed by atoms with E-state index >= 15 is 0 Å². The van der Waals surface area contributed by atoms with Crippen LogP contribution in [0.4, 0.5) is 4.79 Å². The van der Waals surface area contributed by atoms with Gasteiger partial charge in [-0.3, -0.25) is 4.79 Å². The molecule has 0 radical (unpaired) electrons. The van der Waals surface area contributed by atoms with Crippen molar-refractivity contribution in [2.45, 2.75) is 37.6 Å². The molecule has 5 heteroatoms. The average Bonchev–Trinajstić information content (AvgIpc) is 3.15. The molecule has 29 heavy (non-hydrogen) atoms. The molecule has 2 saturated carbocycles. The predicted octanol–water partition coefficient (Wildman–Crippen LogP) is 4.41. The zero-order chi connectivity index (χ0) is 20.0. The summed E-state index contributed by atoms with van der Waals surface area (Å²) in [5, 5.41) is 12.4. The van der Waals surface area contributed by atoms with Crippen molar-refractivity contribution in [3.8, 4) is 11.1 Å². The second-order valence-electron chi connectivity index (χ2n) is 8.60. The van der Waals surface area contributed by atoms with Crippen molar-refractivity contribution in [3.05, 3.63) is 59.7 Å². The van der Waals surface area contributed by atoms with Gasteiger partial charge < -0.3 is 15.2 Å². The minimum Gasteiger partial charge on any atom is -0.481 e. The molecule has 2 unspecified atom stereocenters. The van der Waals surface area contributed by atoms with Gasteiger partial charge >= 0.3 is 12.1 Å². The molecule has 0 spiro atoms. The van der Waals surface area contributed by atoms with Crippen LogP contribution in [0, 0.1) is 17.8 Å². The Hall–Kier alpha value is -2.82. The van der Waals surface area contributed by atoms with Crippen LogP contribution >= 0.6 is 0 Å². The van der Waals surface area contributed by atoms with E-state index in [0.29, 0.717) is 19.4 Å². The van der Waals surface area contributed by atoms with E-state index in [1.54, 1.807) is 0 Å². The van der Waals surface area contributed by atoms with Gasteiger partial charge in [0.2, 0.25) is 0 Å². The maximum Gasteiger partial charge on any atom is 0.407 e. The van der Waals surface area contributed by atoms with Crippen LogP contribution in [0.2, 0.25) is 0 Å². The van der Waals surface area contributed by atoms with Crippen LogP contribution in [0.5, 0.6) is 0 Å². The van der Waals surface area contributed by atoms with Crippen molar-refractivity contribution in [2.24, 2.45) is 17.8 Å². The third-order valence-electron chi connectivity index (χ3n) is 7.08. The summed E-state index contributed by atoms with van der Waals surface area (Å²) in [5.41, 5.74) is 4.82. The number of rotatable bonds is 4. The number of carbonyl (C=O) groups is 2. The minimum atomic E-state index is -0.707. The molecule has 0 aliphatic heterocycles. The number of alkyl carbamates (subject to hydrolysis) is 1. The molecule has 2 N–H and O–H groups in total. The van der Waals surface area contributed by atoms with Crippen molar-refractivity contribution in [2.75, 3.05) is 6.61 Å². The van der Waals surface area contributed by atoms with E-state index in [1.165, 1.54) is 22.3 Å². The molecule has 2 bridgehead atoms. The highest BCUT2D eigenvalue weighted by Crippen LogP contribution is 2.46. The van der Waals surface area contributed by atoms with Crippen molar-refractivity contribution in [1.29, 1.82) is 0 Å². The lowest BCUT2D eigenvalue weighted by Crippen LogP contribution is -2.46. The van der Waals surface area contributed by atoms with Crippen molar-refractivity contribution in [3.63, 3.8) is 0 Å². The fraction of sp³-hybridized carbons (Fsp3) is 0.417. The number of fused-ring (bicyclic) bond motifs is 5. The molecule has 2 fully saturated rings. The predicted molar refractivity (Wildman–Crippen MR) is 109 cm³/mol. The first kappa shape index (κ1) is 18.2.